The van der Waals surface area contributed by atoms with Crippen LogP contribution >= 0.6 is 27.7 Å². The van der Waals surface area contributed by atoms with E-state index in [1.165, 1.54) is 11.8 Å². The van der Waals surface area contributed by atoms with Crippen molar-refractivity contribution in [1.82, 2.24) is 14.9 Å². The zero-order valence-electron chi connectivity index (χ0n) is 13.4. The molecule has 1 aromatic heterocycles. The molecule has 1 amide bonds. The van der Waals surface area contributed by atoms with E-state index in [1.807, 2.05) is 32.9 Å². The summed E-state index contributed by atoms with van der Waals surface area (Å²) in [5, 5.41) is 4.07. The van der Waals surface area contributed by atoms with Gasteiger partial charge < -0.3 is 5.32 Å². The van der Waals surface area contributed by atoms with Crippen LogP contribution in [0, 0.1) is 0 Å². The lowest BCUT2D eigenvalue weighted by molar-refractivity contribution is -0.119. The molecule has 23 heavy (non-hydrogen) atoms. The third-order valence-corrected chi connectivity index (χ3v) is 5.02. The van der Waals surface area contributed by atoms with Gasteiger partial charge in [-0.3, -0.25) is 14.2 Å². The topological polar surface area (TPSA) is 64.0 Å². The van der Waals surface area contributed by atoms with Crippen LogP contribution in [-0.4, -0.2) is 27.3 Å². The molecular formula is C16H20BrN3O2S. The molecule has 0 aliphatic carbocycles. The Balaban J connectivity index is 2.28. The molecule has 124 valence electrons. The molecule has 2 aromatic rings. The quantitative estimate of drug-likeness (QED) is 0.600. The zero-order chi connectivity index (χ0) is 17.0. The number of hydrogen-bond acceptors (Lipinski definition) is 4. The molecule has 5 nitrogen and oxygen atoms in total. The Morgan fingerprint density at radius 3 is 2.83 bits per heavy atom. The van der Waals surface area contributed by atoms with E-state index in [2.05, 4.69) is 26.2 Å². The predicted molar refractivity (Wildman–Crippen MR) is 98.0 cm³/mol. The number of aromatic nitrogens is 2. The summed E-state index contributed by atoms with van der Waals surface area (Å²) < 4.78 is 2.45. The smallest absolute Gasteiger partial charge is 0.262 e. The Labute approximate surface area is 148 Å². The molecule has 0 bridgehead atoms. The van der Waals surface area contributed by atoms with Gasteiger partial charge in [-0.05, 0) is 38.5 Å². The van der Waals surface area contributed by atoms with Crippen molar-refractivity contribution in [3.63, 3.8) is 0 Å². The van der Waals surface area contributed by atoms with Crippen LogP contribution < -0.4 is 10.9 Å². The molecule has 2 rings (SSSR count). The first-order chi connectivity index (χ1) is 11.0. The standard InChI is InChI=1S/C16H20BrN3O2S/c1-4-10(3)18-14(21)9-23-16-19-13-7-6-11(17)8-12(13)15(22)20(16)5-2/h6-8,10H,4-5,9H2,1-3H3,(H,18,21). The van der Waals surface area contributed by atoms with E-state index in [-0.39, 0.29) is 23.3 Å². The van der Waals surface area contributed by atoms with Crippen molar-refractivity contribution in [2.24, 2.45) is 0 Å². The molecule has 1 N–H and O–H groups in total. The van der Waals surface area contributed by atoms with Crippen LogP contribution in [0.25, 0.3) is 10.9 Å². The molecule has 1 unspecified atom stereocenters. The van der Waals surface area contributed by atoms with Crippen molar-refractivity contribution < 1.29 is 4.79 Å². The molecule has 0 aliphatic heterocycles. The van der Waals surface area contributed by atoms with Gasteiger partial charge in [0.05, 0.1) is 16.7 Å². The van der Waals surface area contributed by atoms with E-state index >= 15 is 0 Å². The van der Waals surface area contributed by atoms with Crippen LogP contribution in [0.4, 0.5) is 0 Å². The van der Waals surface area contributed by atoms with Gasteiger partial charge in [0.1, 0.15) is 0 Å². The highest BCUT2D eigenvalue weighted by molar-refractivity contribution is 9.10. The fourth-order valence-electron chi connectivity index (χ4n) is 2.11. The van der Waals surface area contributed by atoms with E-state index < -0.39 is 0 Å². The van der Waals surface area contributed by atoms with Gasteiger partial charge in [-0.25, -0.2) is 4.98 Å². The second-order valence-corrected chi connectivity index (χ2v) is 7.13. The van der Waals surface area contributed by atoms with Crippen molar-refractivity contribution in [3.05, 3.63) is 33.0 Å². The first-order valence-electron chi connectivity index (χ1n) is 7.58. The maximum absolute atomic E-state index is 12.6. The van der Waals surface area contributed by atoms with Crippen LogP contribution in [-0.2, 0) is 11.3 Å². The number of carbonyl (C=O) groups excluding carboxylic acids is 1. The van der Waals surface area contributed by atoms with Crippen molar-refractivity contribution in [2.75, 3.05) is 5.75 Å². The monoisotopic (exact) mass is 397 g/mol. The predicted octanol–water partition coefficient (Wildman–Crippen LogP) is 3.19. The van der Waals surface area contributed by atoms with E-state index in [0.717, 1.165) is 10.9 Å². The number of nitrogens with zero attached hydrogens (tertiary/aromatic N) is 2. The Hall–Kier alpha value is -1.34. The van der Waals surface area contributed by atoms with Crippen LogP contribution in [0.5, 0.6) is 0 Å². The minimum absolute atomic E-state index is 0.0443. The van der Waals surface area contributed by atoms with Crippen LogP contribution in [0.3, 0.4) is 0 Å². The van der Waals surface area contributed by atoms with E-state index in [1.54, 1.807) is 10.6 Å². The number of hydrogen-bond donors (Lipinski definition) is 1. The van der Waals surface area contributed by atoms with Gasteiger partial charge in [-0.15, -0.1) is 0 Å². The Morgan fingerprint density at radius 1 is 1.43 bits per heavy atom. The first kappa shape index (κ1) is 18.0. The fourth-order valence-corrected chi connectivity index (χ4v) is 3.35. The Bertz CT molecular complexity index is 776. The molecule has 0 fully saturated rings. The zero-order valence-corrected chi connectivity index (χ0v) is 15.8. The van der Waals surface area contributed by atoms with Crippen molar-refractivity contribution in [2.45, 2.75) is 44.9 Å². The average molecular weight is 398 g/mol. The summed E-state index contributed by atoms with van der Waals surface area (Å²) in [5.41, 5.74) is 0.566. The van der Waals surface area contributed by atoms with Gasteiger partial charge in [0.25, 0.3) is 5.56 Å². The number of carbonyl (C=O) groups is 1. The van der Waals surface area contributed by atoms with E-state index in [0.29, 0.717) is 22.6 Å². The highest BCUT2D eigenvalue weighted by atomic mass is 79.9. The van der Waals surface area contributed by atoms with Crippen LogP contribution in [0.1, 0.15) is 27.2 Å². The number of rotatable bonds is 6. The highest BCUT2D eigenvalue weighted by Crippen LogP contribution is 2.20. The minimum atomic E-state index is -0.0800. The Morgan fingerprint density at radius 2 is 2.17 bits per heavy atom. The first-order valence-corrected chi connectivity index (χ1v) is 9.36. The number of fused-ring (bicyclic) bond motifs is 1. The van der Waals surface area contributed by atoms with E-state index in [9.17, 15) is 9.59 Å². The summed E-state index contributed by atoms with van der Waals surface area (Å²) in [7, 11) is 0. The summed E-state index contributed by atoms with van der Waals surface area (Å²) in [5.74, 6) is 0.205. The molecule has 1 heterocycles. The minimum Gasteiger partial charge on any atom is -0.353 e. The van der Waals surface area contributed by atoms with Gasteiger partial charge in [-0.2, -0.15) is 0 Å². The number of amides is 1. The maximum Gasteiger partial charge on any atom is 0.262 e. The molecule has 1 atom stereocenters. The molecule has 0 spiro atoms. The molecule has 0 saturated carbocycles. The number of halogens is 1. The highest BCUT2D eigenvalue weighted by Gasteiger charge is 2.13. The van der Waals surface area contributed by atoms with E-state index in [4.69, 9.17) is 0 Å². The molecule has 0 saturated heterocycles. The van der Waals surface area contributed by atoms with Gasteiger partial charge >= 0.3 is 0 Å². The van der Waals surface area contributed by atoms with Gasteiger partial charge in [0.2, 0.25) is 5.91 Å². The average Bonchev–Trinajstić information content (AvgIpc) is 2.53. The number of benzene rings is 1. The van der Waals surface area contributed by atoms with Gasteiger partial charge in [-0.1, -0.05) is 34.6 Å². The van der Waals surface area contributed by atoms with Crippen LogP contribution in [0.15, 0.2) is 32.6 Å². The summed E-state index contributed by atoms with van der Waals surface area (Å²) in [6.45, 7) is 6.41. The third-order valence-electron chi connectivity index (χ3n) is 3.55. The maximum atomic E-state index is 12.6. The van der Waals surface area contributed by atoms with Crippen LogP contribution in [0.2, 0.25) is 0 Å². The summed E-state index contributed by atoms with van der Waals surface area (Å²) in [6, 6.07) is 5.60. The summed E-state index contributed by atoms with van der Waals surface area (Å²) >= 11 is 4.67. The molecule has 0 aliphatic rings. The number of thioether (sulfide) groups is 1. The second kappa shape index (κ2) is 7.97. The third kappa shape index (κ3) is 4.35. The molecule has 7 heteroatoms. The summed E-state index contributed by atoms with van der Waals surface area (Å²) in [4.78, 5) is 29.1. The van der Waals surface area contributed by atoms with Crippen molar-refractivity contribution in [3.8, 4) is 0 Å². The van der Waals surface area contributed by atoms with Gasteiger partial charge in [0.15, 0.2) is 5.16 Å². The lowest BCUT2D eigenvalue weighted by Gasteiger charge is -2.13. The second-order valence-electron chi connectivity index (χ2n) is 5.27. The molecular weight excluding hydrogens is 378 g/mol. The fraction of sp³-hybridized carbons (Fsp3) is 0.438. The SMILES string of the molecule is CCC(C)NC(=O)CSc1nc2ccc(Br)cc2c(=O)n1CC. The van der Waals surface area contributed by atoms with Crippen molar-refractivity contribution >= 4 is 44.5 Å². The van der Waals surface area contributed by atoms with Crippen molar-refractivity contribution in [1.29, 1.82) is 0 Å². The lowest BCUT2D eigenvalue weighted by atomic mass is 10.2. The normalized spacial score (nSPS) is 12.3. The largest absolute Gasteiger partial charge is 0.353 e. The number of nitrogens with one attached hydrogen (secondary N) is 1. The molecule has 0 radical (unpaired) electrons. The summed E-state index contributed by atoms with van der Waals surface area (Å²) in [6.07, 6.45) is 0.888. The van der Waals surface area contributed by atoms with Gasteiger partial charge in [0, 0.05) is 17.1 Å². The lowest BCUT2D eigenvalue weighted by Crippen LogP contribution is -2.33. The molecule has 1 aromatic carbocycles. The Kier molecular flexibility index (Phi) is 6.24.